The molecule has 0 aromatic heterocycles. The fourth-order valence-corrected chi connectivity index (χ4v) is 5.56. The van der Waals surface area contributed by atoms with Gasteiger partial charge in [0.25, 0.3) is 0 Å². The van der Waals surface area contributed by atoms with Crippen LogP contribution >= 0.6 is 0 Å². The first kappa shape index (κ1) is 14.3. The zero-order valence-electron chi connectivity index (χ0n) is 11.8. The van der Waals surface area contributed by atoms with Gasteiger partial charge >= 0.3 is 0 Å². The molecular weight excluding hydrogens is 280 g/mol. The number of hydrogen-bond donors (Lipinski definition) is 0. The molecule has 0 aromatic carbocycles. The second kappa shape index (κ2) is 5.27. The standard InChI is InChI=1S/C13H22N2O4S/c1-19-9-8-14-11-6-7-15(12(11)4-5-13(14)16)20(17,18)10-2-3-10/h10-12H,2-9H2,1H3/t11-,12+/m1/s1. The van der Waals surface area contributed by atoms with Crippen LogP contribution in [0.3, 0.4) is 0 Å². The van der Waals surface area contributed by atoms with Crippen molar-refractivity contribution in [3.8, 4) is 0 Å². The lowest BCUT2D eigenvalue weighted by atomic mass is 9.97. The van der Waals surface area contributed by atoms with E-state index in [-0.39, 0.29) is 23.2 Å². The number of methoxy groups -OCH3 is 1. The molecule has 0 unspecified atom stereocenters. The molecule has 1 aliphatic carbocycles. The van der Waals surface area contributed by atoms with E-state index in [2.05, 4.69) is 0 Å². The summed E-state index contributed by atoms with van der Waals surface area (Å²) in [6.45, 7) is 1.63. The van der Waals surface area contributed by atoms with Gasteiger partial charge in [-0.15, -0.1) is 0 Å². The first-order chi connectivity index (χ1) is 9.55. The molecule has 6 nitrogen and oxygen atoms in total. The van der Waals surface area contributed by atoms with E-state index >= 15 is 0 Å². The van der Waals surface area contributed by atoms with Crippen LogP contribution in [-0.2, 0) is 19.6 Å². The number of amides is 1. The van der Waals surface area contributed by atoms with Crippen molar-refractivity contribution in [2.24, 2.45) is 0 Å². The molecular formula is C13H22N2O4S. The maximum Gasteiger partial charge on any atom is 0.223 e. The van der Waals surface area contributed by atoms with Crippen molar-refractivity contribution in [1.82, 2.24) is 9.21 Å². The first-order valence-electron chi connectivity index (χ1n) is 7.34. The van der Waals surface area contributed by atoms with Gasteiger partial charge in [0, 0.05) is 38.7 Å². The highest BCUT2D eigenvalue weighted by molar-refractivity contribution is 7.90. The van der Waals surface area contributed by atoms with Gasteiger partial charge in [0.2, 0.25) is 15.9 Å². The molecule has 3 rings (SSSR count). The minimum atomic E-state index is -3.13. The van der Waals surface area contributed by atoms with Crippen molar-refractivity contribution in [3.63, 3.8) is 0 Å². The Hall–Kier alpha value is -0.660. The van der Waals surface area contributed by atoms with Gasteiger partial charge in [-0.1, -0.05) is 0 Å². The summed E-state index contributed by atoms with van der Waals surface area (Å²) in [6, 6.07) is 0.0232. The fourth-order valence-electron chi connectivity index (χ4n) is 3.46. The highest BCUT2D eigenvalue weighted by Crippen LogP contribution is 2.39. The Morgan fingerprint density at radius 3 is 2.60 bits per heavy atom. The molecule has 20 heavy (non-hydrogen) atoms. The average Bonchev–Trinajstić information content (AvgIpc) is 3.18. The normalized spacial score (nSPS) is 31.6. The number of fused-ring (bicyclic) bond motifs is 1. The van der Waals surface area contributed by atoms with Crippen LogP contribution in [-0.4, -0.2) is 67.7 Å². The summed E-state index contributed by atoms with van der Waals surface area (Å²) in [5.74, 6) is 0.133. The van der Waals surface area contributed by atoms with Crippen LogP contribution in [0.2, 0.25) is 0 Å². The van der Waals surface area contributed by atoms with Gasteiger partial charge in [-0.25, -0.2) is 8.42 Å². The van der Waals surface area contributed by atoms with Crippen LogP contribution in [0.5, 0.6) is 0 Å². The lowest BCUT2D eigenvalue weighted by Gasteiger charge is -2.39. The minimum Gasteiger partial charge on any atom is -0.383 e. The summed E-state index contributed by atoms with van der Waals surface area (Å²) in [5.41, 5.74) is 0. The Bertz CT molecular complexity index is 489. The number of rotatable bonds is 5. The molecule has 114 valence electrons. The third-order valence-electron chi connectivity index (χ3n) is 4.64. The third kappa shape index (κ3) is 2.35. The molecule has 7 heteroatoms. The largest absolute Gasteiger partial charge is 0.383 e. The minimum absolute atomic E-state index is 0.0184. The summed E-state index contributed by atoms with van der Waals surface area (Å²) < 4.78 is 31.6. The van der Waals surface area contributed by atoms with E-state index in [1.165, 1.54) is 0 Å². The maximum atomic E-state index is 12.5. The summed E-state index contributed by atoms with van der Waals surface area (Å²) >= 11 is 0. The van der Waals surface area contributed by atoms with E-state index in [0.29, 0.717) is 32.5 Å². The number of ether oxygens (including phenoxy) is 1. The van der Waals surface area contributed by atoms with Crippen LogP contribution in [0.1, 0.15) is 32.1 Å². The van der Waals surface area contributed by atoms with E-state index in [1.54, 1.807) is 11.4 Å². The van der Waals surface area contributed by atoms with Crippen LogP contribution in [0.25, 0.3) is 0 Å². The molecule has 0 bridgehead atoms. The van der Waals surface area contributed by atoms with Gasteiger partial charge < -0.3 is 9.64 Å². The van der Waals surface area contributed by atoms with Crippen molar-refractivity contribution in [3.05, 3.63) is 0 Å². The number of piperidine rings is 1. The van der Waals surface area contributed by atoms with Crippen LogP contribution in [0.4, 0.5) is 0 Å². The molecule has 3 fully saturated rings. The van der Waals surface area contributed by atoms with Gasteiger partial charge in [-0.05, 0) is 25.7 Å². The predicted octanol–water partition coefficient (Wildman–Crippen LogP) is 0.190. The smallest absolute Gasteiger partial charge is 0.223 e. The summed E-state index contributed by atoms with van der Waals surface area (Å²) in [5, 5.41) is -0.161. The van der Waals surface area contributed by atoms with Crippen molar-refractivity contribution in [1.29, 1.82) is 0 Å². The molecule has 2 aliphatic heterocycles. The van der Waals surface area contributed by atoms with E-state index in [1.807, 2.05) is 4.90 Å². The molecule has 2 saturated heterocycles. The number of sulfonamides is 1. The van der Waals surface area contributed by atoms with Crippen molar-refractivity contribution in [2.45, 2.75) is 49.4 Å². The third-order valence-corrected chi connectivity index (χ3v) is 7.06. The zero-order valence-corrected chi connectivity index (χ0v) is 12.6. The lowest BCUT2D eigenvalue weighted by molar-refractivity contribution is -0.138. The van der Waals surface area contributed by atoms with E-state index in [4.69, 9.17) is 4.74 Å². The first-order valence-corrected chi connectivity index (χ1v) is 8.85. The molecule has 0 aromatic rings. The number of nitrogens with zero attached hydrogens (tertiary/aromatic N) is 2. The zero-order chi connectivity index (χ0) is 14.3. The van der Waals surface area contributed by atoms with Crippen molar-refractivity contribution < 1.29 is 17.9 Å². The van der Waals surface area contributed by atoms with Gasteiger partial charge in [0.15, 0.2) is 0 Å². The molecule has 0 spiro atoms. The molecule has 2 heterocycles. The summed E-state index contributed by atoms with van der Waals surface area (Å²) in [7, 11) is -1.52. The number of hydrogen-bond acceptors (Lipinski definition) is 4. The summed E-state index contributed by atoms with van der Waals surface area (Å²) in [6.07, 6.45) is 3.46. The quantitative estimate of drug-likeness (QED) is 0.727. The number of likely N-dealkylation sites (tertiary alicyclic amines) is 1. The van der Waals surface area contributed by atoms with Crippen molar-refractivity contribution in [2.75, 3.05) is 26.8 Å². The second-order valence-electron chi connectivity index (χ2n) is 5.90. The number of carbonyl (C=O) groups excluding carboxylic acids is 1. The predicted molar refractivity (Wildman–Crippen MR) is 73.7 cm³/mol. The monoisotopic (exact) mass is 302 g/mol. The Labute approximate surface area is 120 Å². The van der Waals surface area contributed by atoms with Crippen molar-refractivity contribution >= 4 is 15.9 Å². The van der Waals surface area contributed by atoms with Gasteiger partial charge in [-0.3, -0.25) is 4.79 Å². The second-order valence-corrected chi connectivity index (χ2v) is 8.06. The summed E-state index contributed by atoms with van der Waals surface area (Å²) in [4.78, 5) is 13.9. The fraction of sp³-hybridized carbons (Fsp3) is 0.923. The highest BCUT2D eigenvalue weighted by Gasteiger charge is 2.50. The molecule has 3 aliphatic rings. The van der Waals surface area contributed by atoms with E-state index in [0.717, 1.165) is 19.3 Å². The Balaban J connectivity index is 1.76. The Morgan fingerprint density at radius 1 is 1.20 bits per heavy atom. The van der Waals surface area contributed by atoms with Gasteiger partial charge in [-0.2, -0.15) is 4.31 Å². The van der Waals surface area contributed by atoms with Crippen LogP contribution in [0.15, 0.2) is 0 Å². The van der Waals surface area contributed by atoms with E-state index in [9.17, 15) is 13.2 Å². The van der Waals surface area contributed by atoms with Crippen LogP contribution in [0, 0.1) is 0 Å². The molecule has 0 radical (unpaired) electrons. The average molecular weight is 302 g/mol. The van der Waals surface area contributed by atoms with Crippen LogP contribution < -0.4 is 0 Å². The SMILES string of the molecule is COCCN1C(=O)CC[C@H]2[C@H]1CCN2S(=O)(=O)C1CC1. The lowest BCUT2D eigenvalue weighted by Crippen LogP contribution is -2.54. The van der Waals surface area contributed by atoms with E-state index < -0.39 is 10.0 Å². The van der Waals surface area contributed by atoms with Gasteiger partial charge in [0.1, 0.15) is 0 Å². The topological polar surface area (TPSA) is 66.9 Å². The van der Waals surface area contributed by atoms with Gasteiger partial charge in [0.05, 0.1) is 11.9 Å². The molecule has 1 amide bonds. The molecule has 0 N–H and O–H groups in total. The molecule has 2 atom stereocenters. The Kier molecular flexibility index (Phi) is 3.77. The molecule has 1 saturated carbocycles. The highest BCUT2D eigenvalue weighted by atomic mass is 32.2. The number of carbonyl (C=O) groups is 1. The Morgan fingerprint density at radius 2 is 1.95 bits per heavy atom. The maximum absolute atomic E-state index is 12.5.